The van der Waals surface area contributed by atoms with Gasteiger partial charge in [0.05, 0.1) is 0 Å². The molecule has 0 bridgehead atoms. The van der Waals surface area contributed by atoms with Crippen LogP contribution in [0.5, 0.6) is 0 Å². The highest BCUT2D eigenvalue weighted by Gasteiger charge is 2.10. The maximum atomic E-state index is 11.9. The molecule has 1 rings (SSSR count). The first kappa shape index (κ1) is 17.1. The highest BCUT2D eigenvalue weighted by molar-refractivity contribution is 7.98. The van der Waals surface area contributed by atoms with Crippen LogP contribution in [0.25, 0.3) is 0 Å². The molecule has 0 aliphatic carbocycles. The molecule has 0 fully saturated rings. The van der Waals surface area contributed by atoms with E-state index in [1.807, 2.05) is 30.5 Å². The summed E-state index contributed by atoms with van der Waals surface area (Å²) < 4.78 is 0. The monoisotopic (exact) mass is 294 g/mol. The molecule has 3 N–H and O–H groups in total. The van der Waals surface area contributed by atoms with Crippen molar-refractivity contribution in [2.75, 3.05) is 18.1 Å². The van der Waals surface area contributed by atoms with Gasteiger partial charge in [0.1, 0.15) is 0 Å². The zero-order valence-electron chi connectivity index (χ0n) is 12.5. The van der Waals surface area contributed by atoms with E-state index in [1.165, 1.54) is 4.90 Å². The summed E-state index contributed by atoms with van der Waals surface area (Å²) in [6.07, 6.45) is 6.88. The molecule has 3 nitrogen and oxygen atoms in total. The lowest BCUT2D eigenvalue weighted by atomic mass is 9.94. The van der Waals surface area contributed by atoms with E-state index in [4.69, 9.17) is 5.73 Å². The number of nitrogens with one attached hydrogen (secondary N) is 1. The van der Waals surface area contributed by atoms with Crippen LogP contribution in [-0.2, 0) is 4.79 Å². The minimum Gasteiger partial charge on any atom is -0.330 e. The molecule has 112 valence electrons. The number of hydrogen-bond donors (Lipinski definition) is 2. The second-order valence-corrected chi connectivity index (χ2v) is 5.93. The number of carbonyl (C=O) groups excluding carboxylic acids is 1. The average molecular weight is 294 g/mol. The molecule has 0 saturated carbocycles. The van der Waals surface area contributed by atoms with Crippen molar-refractivity contribution < 1.29 is 4.79 Å². The third-order valence-electron chi connectivity index (χ3n) is 3.43. The van der Waals surface area contributed by atoms with Crippen LogP contribution in [0.1, 0.15) is 39.0 Å². The van der Waals surface area contributed by atoms with Crippen LogP contribution in [0.2, 0.25) is 0 Å². The fraction of sp³-hybridized carbons (Fsp3) is 0.562. The summed E-state index contributed by atoms with van der Waals surface area (Å²) in [6.45, 7) is 2.89. The molecule has 0 spiro atoms. The Bertz CT molecular complexity index is 386. The molecule has 0 radical (unpaired) electrons. The van der Waals surface area contributed by atoms with Gasteiger partial charge >= 0.3 is 0 Å². The number of hydrogen-bond acceptors (Lipinski definition) is 3. The Kier molecular flexibility index (Phi) is 8.38. The van der Waals surface area contributed by atoms with Crippen molar-refractivity contribution in [3.63, 3.8) is 0 Å². The molecule has 1 amide bonds. The Hall–Kier alpha value is -1.00. The Morgan fingerprint density at radius 2 is 1.95 bits per heavy atom. The normalized spacial score (nSPS) is 12.2. The van der Waals surface area contributed by atoms with Gasteiger partial charge in [-0.1, -0.05) is 19.8 Å². The number of benzene rings is 1. The molecule has 4 heteroatoms. The molecule has 0 aliphatic rings. The van der Waals surface area contributed by atoms with Crippen LogP contribution in [0.4, 0.5) is 5.69 Å². The fourth-order valence-corrected chi connectivity index (χ4v) is 2.72. The first-order valence-corrected chi connectivity index (χ1v) is 8.56. The zero-order chi connectivity index (χ0) is 14.8. The lowest BCUT2D eigenvalue weighted by molar-refractivity contribution is -0.116. The standard InChI is InChI=1S/C16H26N2OS/c1-3-4-13(11-12-17)5-10-16(19)18-14-6-8-15(20-2)9-7-14/h6-9,13H,3-5,10-12,17H2,1-2H3,(H,18,19). The second-order valence-electron chi connectivity index (χ2n) is 5.05. The van der Waals surface area contributed by atoms with Gasteiger partial charge in [-0.25, -0.2) is 0 Å². The molecule has 0 aliphatic heterocycles. The molecular weight excluding hydrogens is 268 g/mol. The highest BCUT2D eigenvalue weighted by Crippen LogP contribution is 2.19. The number of rotatable bonds is 9. The van der Waals surface area contributed by atoms with Crippen molar-refractivity contribution in [2.24, 2.45) is 11.7 Å². The number of anilines is 1. The van der Waals surface area contributed by atoms with E-state index in [1.54, 1.807) is 11.8 Å². The predicted octanol–water partition coefficient (Wildman–Crippen LogP) is 3.89. The zero-order valence-corrected chi connectivity index (χ0v) is 13.3. The van der Waals surface area contributed by atoms with Crippen LogP contribution < -0.4 is 11.1 Å². The Balaban J connectivity index is 2.38. The molecule has 20 heavy (non-hydrogen) atoms. The van der Waals surface area contributed by atoms with E-state index in [2.05, 4.69) is 12.2 Å². The van der Waals surface area contributed by atoms with E-state index in [0.29, 0.717) is 18.9 Å². The first-order valence-electron chi connectivity index (χ1n) is 7.33. The van der Waals surface area contributed by atoms with Gasteiger partial charge in [0.25, 0.3) is 0 Å². The summed E-state index contributed by atoms with van der Waals surface area (Å²) in [7, 11) is 0. The topological polar surface area (TPSA) is 55.1 Å². The maximum Gasteiger partial charge on any atom is 0.224 e. The van der Waals surface area contributed by atoms with Crippen LogP contribution in [0.15, 0.2) is 29.2 Å². The largest absolute Gasteiger partial charge is 0.330 e. The van der Waals surface area contributed by atoms with Gasteiger partial charge < -0.3 is 11.1 Å². The van der Waals surface area contributed by atoms with Crippen molar-refractivity contribution in [1.82, 2.24) is 0 Å². The number of amides is 1. The molecule has 0 aromatic heterocycles. The van der Waals surface area contributed by atoms with Crippen LogP contribution >= 0.6 is 11.8 Å². The summed E-state index contributed by atoms with van der Waals surface area (Å²) >= 11 is 1.70. The molecule has 1 aromatic carbocycles. The van der Waals surface area contributed by atoms with Gasteiger partial charge in [-0.3, -0.25) is 4.79 Å². The molecule has 1 aromatic rings. The van der Waals surface area contributed by atoms with E-state index < -0.39 is 0 Å². The van der Waals surface area contributed by atoms with Crippen LogP contribution in [0, 0.1) is 5.92 Å². The summed E-state index contributed by atoms with van der Waals surface area (Å²) in [5.74, 6) is 0.676. The van der Waals surface area contributed by atoms with E-state index in [9.17, 15) is 4.79 Å². The van der Waals surface area contributed by atoms with Crippen molar-refractivity contribution in [3.05, 3.63) is 24.3 Å². The maximum absolute atomic E-state index is 11.9. The molecule has 1 atom stereocenters. The number of carbonyl (C=O) groups is 1. The first-order chi connectivity index (χ1) is 9.69. The second kappa shape index (κ2) is 9.83. The predicted molar refractivity (Wildman–Crippen MR) is 88.2 cm³/mol. The van der Waals surface area contributed by atoms with E-state index in [-0.39, 0.29) is 5.91 Å². The molecule has 0 saturated heterocycles. The SMILES string of the molecule is CCCC(CCN)CCC(=O)Nc1ccc(SC)cc1. The van der Waals surface area contributed by atoms with Gasteiger partial charge in [-0.05, 0) is 55.8 Å². The van der Waals surface area contributed by atoms with Crippen LogP contribution in [0.3, 0.4) is 0 Å². The lowest BCUT2D eigenvalue weighted by Crippen LogP contribution is -2.15. The Labute approximate surface area is 126 Å². The van der Waals surface area contributed by atoms with Crippen molar-refractivity contribution in [2.45, 2.75) is 43.9 Å². The summed E-state index contributed by atoms with van der Waals surface area (Å²) in [5, 5.41) is 2.95. The Morgan fingerprint density at radius 3 is 2.50 bits per heavy atom. The minimum absolute atomic E-state index is 0.0972. The van der Waals surface area contributed by atoms with Crippen molar-refractivity contribution in [1.29, 1.82) is 0 Å². The van der Waals surface area contributed by atoms with Gasteiger partial charge in [-0.15, -0.1) is 11.8 Å². The molecule has 1 unspecified atom stereocenters. The summed E-state index contributed by atoms with van der Waals surface area (Å²) in [5.41, 5.74) is 6.49. The quantitative estimate of drug-likeness (QED) is 0.679. The number of thioether (sulfide) groups is 1. The van der Waals surface area contributed by atoms with Gasteiger partial charge in [-0.2, -0.15) is 0 Å². The van der Waals surface area contributed by atoms with Crippen molar-refractivity contribution >= 4 is 23.4 Å². The molecular formula is C16H26N2OS. The number of nitrogens with two attached hydrogens (primary N) is 1. The smallest absolute Gasteiger partial charge is 0.224 e. The third-order valence-corrected chi connectivity index (χ3v) is 4.17. The van der Waals surface area contributed by atoms with Gasteiger partial charge in [0.2, 0.25) is 5.91 Å². The van der Waals surface area contributed by atoms with Gasteiger partial charge in [0, 0.05) is 17.0 Å². The fourth-order valence-electron chi connectivity index (χ4n) is 2.31. The van der Waals surface area contributed by atoms with Crippen LogP contribution in [-0.4, -0.2) is 18.7 Å². The summed E-state index contributed by atoms with van der Waals surface area (Å²) in [6, 6.07) is 7.95. The molecule has 0 heterocycles. The van der Waals surface area contributed by atoms with E-state index >= 15 is 0 Å². The third kappa shape index (κ3) is 6.44. The highest BCUT2D eigenvalue weighted by atomic mass is 32.2. The summed E-state index contributed by atoms with van der Waals surface area (Å²) in [4.78, 5) is 13.1. The average Bonchev–Trinajstić information content (AvgIpc) is 2.46. The van der Waals surface area contributed by atoms with Crippen molar-refractivity contribution in [3.8, 4) is 0 Å². The lowest BCUT2D eigenvalue weighted by Gasteiger charge is -2.14. The van der Waals surface area contributed by atoms with Gasteiger partial charge in [0.15, 0.2) is 0 Å². The minimum atomic E-state index is 0.0972. The van der Waals surface area contributed by atoms with E-state index in [0.717, 1.165) is 31.4 Å². The Morgan fingerprint density at radius 1 is 1.25 bits per heavy atom.